The molecule has 1 fully saturated rings. The summed E-state index contributed by atoms with van der Waals surface area (Å²) in [4.78, 5) is 40.2. The van der Waals surface area contributed by atoms with Crippen molar-refractivity contribution in [3.8, 4) is 5.75 Å². The largest absolute Gasteiger partial charge is 0.508 e. The van der Waals surface area contributed by atoms with Crippen LogP contribution in [0, 0.1) is 11.8 Å². The molecule has 0 bridgehead atoms. The van der Waals surface area contributed by atoms with E-state index >= 15 is 0 Å². The number of likely N-dealkylation sites (N-methyl/N-ethyl adjacent to an activating group) is 1. The van der Waals surface area contributed by atoms with Crippen molar-refractivity contribution >= 4 is 29.3 Å². The van der Waals surface area contributed by atoms with Gasteiger partial charge in [-0.15, -0.1) is 0 Å². The summed E-state index contributed by atoms with van der Waals surface area (Å²) in [5.74, 6) is -6.53. The Bertz CT molecular complexity index is 1190. The fourth-order valence-electron chi connectivity index (χ4n) is 5.60. The second-order valence-corrected chi connectivity index (χ2v) is 8.99. The van der Waals surface area contributed by atoms with Crippen molar-refractivity contribution in [3.05, 3.63) is 51.8 Å². The predicted octanol–water partition coefficient (Wildman–Crippen LogP) is 0.997. The number of carbonyl (C=O) groups excluding carboxylic acids is 3. The SMILES string of the molecule is C/C=C\c1ccc(O)c2c1CC1CC3[C@H](N(C)C)C(=O)C(C(N)=O)=C(O)[C@@]3(O)C(=O)C1=C2O. The summed E-state index contributed by atoms with van der Waals surface area (Å²) in [5, 5.41) is 43.9. The Hall–Kier alpha value is -3.43. The number of aliphatic hydroxyl groups is 3. The molecule has 2 unspecified atom stereocenters. The summed E-state index contributed by atoms with van der Waals surface area (Å²) in [7, 11) is 3.13. The minimum absolute atomic E-state index is 0.0662. The van der Waals surface area contributed by atoms with Crippen LogP contribution in [0.3, 0.4) is 0 Å². The van der Waals surface area contributed by atoms with E-state index in [1.54, 1.807) is 20.2 Å². The smallest absolute Gasteiger partial charge is 0.255 e. The monoisotopic (exact) mass is 454 g/mol. The van der Waals surface area contributed by atoms with E-state index in [2.05, 4.69) is 0 Å². The number of allylic oxidation sites excluding steroid dienone is 1. The van der Waals surface area contributed by atoms with Gasteiger partial charge in [-0.25, -0.2) is 0 Å². The lowest BCUT2D eigenvalue weighted by Gasteiger charge is -2.50. The van der Waals surface area contributed by atoms with Crippen molar-refractivity contribution in [2.75, 3.05) is 14.1 Å². The highest BCUT2D eigenvalue weighted by Gasteiger charge is 2.64. The summed E-state index contributed by atoms with van der Waals surface area (Å²) >= 11 is 0. The third-order valence-electron chi connectivity index (χ3n) is 6.99. The van der Waals surface area contributed by atoms with Gasteiger partial charge in [-0.05, 0) is 57.0 Å². The molecule has 0 heterocycles. The molecule has 4 atom stereocenters. The standard InChI is InChI=1S/C24H26N2O7/c1-4-5-10-6-7-14(27)16-12(10)8-11-9-13-18(26(2)3)20(29)17(23(25)32)22(31)24(13,33)21(30)15(11)19(16)28/h4-7,11,13,18,27-28,31,33H,8-9H2,1-3H3,(H2,25,32)/b5-4-/t11?,13?,18-,24-/m0/s1. The third-order valence-corrected chi connectivity index (χ3v) is 6.99. The average Bonchev–Trinajstić information content (AvgIpc) is 2.72. The minimum Gasteiger partial charge on any atom is -0.508 e. The van der Waals surface area contributed by atoms with Gasteiger partial charge in [-0.3, -0.25) is 19.3 Å². The first-order chi connectivity index (χ1) is 15.5. The average molecular weight is 454 g/mol. The van der Waals surface area contributed by atoms with Gasteiger partial charge in [0, 0.05) is 11.5 Å². The Balaban J connectivity index is 1.99. The molecule has 9 nitrogen and oxygen atoms in total. The van der Waals surface area contributed by atoms with Crippen LogP contribution < -0.4 is 5.73 Å². The van der Waals surface area contributed by atoms with E-state index < -0.39 is 58.0 Å². The lowest BCUT2D eigenvalue weighted by molar-refractivity contribution is -0.153. The lowest BCUT2D eigenvalue weighted by atomic mass is 9.57. The van der Waals surface area contributed by atoms with Crippen molar-refractivity contribution < 1.29 is 34.8 Å². The number of hydrogen-bond donors (Lipinski definition) is 5. The summed E-state index contributed by atoms with van der Waals surface area (Å²) in [6.07, 6.45) is 3.96. The highest BCUT2D eigenvalue weighted by atomic mass is 16.3. The molecule has 3 aliphatic rings. The molecule has 0 aromatic heterocycles. The zero-order valence-corrected chi connectivity index (χ0v) is 18.5. The number of aliphatic hydroxyl groups excluding tert-OH is 2. The number of primary amides is 1. The van der Waals surface area contributed by atoms with Crippen molar-refractivity contribution in [3.63, 3.8) is 0 Å². The van der Waals surface area contributed by atoms with Crippen LogP contribution in [0.5, 0.6) is 5.75 Å². The van der Waals surface area contributed by atoms with Crippen LogP contribution in [-0.2, 0) is 20.8 Å². The molecule has 0 spiro atoms. The van der Waals surface area contributed by atoms with Crippen LogP contribution >= 0.6 is 0 Å². The van der Waals surface area contributed by atoms with Gasteiger partial charge in [0.1, 0.15) is 22.8 Å². The van der Waals surface area contributed by atoms with Crippen LogP contribution in [0.2, 0.25) is 0 Å². The van der Waals surface area contributed by atoms with E-state index in [4.69, 9.17) is 5.73 Å². The molecule has 0 saturated heterocycles. The fourth-order valence-corrected chi connectivity index (χ4v) is 5.60. The van der Waals surface area contributed by atoms with Crippen LogP contribution in [0.15, 0.2) is 35.1 Å². The fraction of sp³-hybridized carbons (Fsp3) is 0.375. The van der Waals surface area contributed by atoms with Crippen molar-refractivity contribution in [1.29, 1.82) is 0 Å². The Kier molecular flexibility index (Phi) is 5.22. The number of phenolic OH excluding ortho intramolecular Hbond substituents is 1. The molecule has 0 aliphatic heterocycles. The number of phenols is 1. The summed E-state index contributed by atoms with van der Waals surface area (Å²) in [6, 6.07) is 2.01. The third kappa shape index (κ3) is 2.96. The van der Waals surface area contributed by atoms with Gasteiger partial charge in [-0.2, -0.15) is 0 Å². The number of amides is 1. The van der Waals surface area contributed by atoms with E-state index in [9.17, 15) is 34.8 Å². The van der Waals surface area contributed by atoms with Crippen LogP contribution in [0.1, 0.15) is 30.0 Å². The van der Waals surface area contributed by atoms with Crippen LogP contribution in [-0.4, -0.2) is 68.5 Å². The molecule has 1 aromatic carbocycles. The van der Waals surface area contributed by atoms with Gasteiger partial charge in [0.05, 0.1) is 11.6 Å². The molecule has 3 aliphatic carbocycles. The van der Waals surface area contributed by atoms with Gasteiger partial charge < -0.3 is 26.2 Å². The molecule has 1 aromatic rings. The zero-order chi connectivity index (χ0) is 24.4. The number of ketones is 2. The zero-order valence-electron chi connectivity index (χ0n) is 18.5. The number of benzene rings is 1. The molecule has 4 rings (SSSR count). The highest BCUT2D eigenvalue weighted by molar-refractivity contribution is 6.24. The maximum atomic E-state index is 13.7. The van der Waals surface area contributed by atoms with Gasteiger partial charge in [0.25, 0.3) is 5.91 Å². The maximum Gasteiger partial charge on any atom is 0.255 e. The molecule has 1 amide bonds. The van der Waals surface area contributed by atoms with Gasteiger partial charge in [-0.1, -0.05) is 18.2 Å². The number of carbonyl (C=O) groups is 3. The summed E-state index contributed by atoms with van der Waals surface area (Å²) in [5.41, 5.74) is 3.18. The number of nitrogens with two attached hydrogens (primary N) is 1. The Morgan fingerprint density at radius 2 is 1.88 bits per heavy atom. The van der Waals surface area contributed by atoms with E-state index in [0.717, 1.165) is 5.56 Å². The van der Waals surface area contributed by atoms with Crippen LogP contribution in [0.25, 0.3) is 11.8 Å². The summed E-state index contributed by atoms with van der Waals surface area (Å²) in [6.45, 7) is 1.83. The van der Waals surface area contributed by atoms with Crippen LogP contribution in [0.4, 0.5) is 0 Å². The van der Waals surface area contributed by atoms with Crippen molar-refractivity contribution in [2.45, 2.75) is 31.4 Å². The Morgan fingerprint density at radius 1 is 1.21 bits per heavy atom. The second kappa shape index (κ2) is 7.57. The van der Waals surface area contributed by atoms with E-state index in [1.165, 1.54) is 11.0 Å². The van der Waals surface area contributed by atoms with Crippen molar-refractivity contribution in [1.82, 2.24) is 4.90 Å². The Labute approximate surface area is 190 Å². The first-order valence-electron chi connectivity index (χ1n) is 10.6. The lowest BCUT2D eigenvalue weighted by Crippen LogP contribution is -2.65. The molecule has 33 heavy (non-hydrogen) atoms. The first-order valence-corrected chi connectivity index (χ1v) is 10.6. The quantitative estimate of drug-likeness (QED) is 0.423. The number of nitrogens with zero attached hydrogens (tertiary/aromatic N) is 1. The molecule has 6 N–H and O–H groups in total. The van der Waals surface area contributed by atoms with Gasteiger partial charge >= 0.3 is 0 Å². The molecular formula is C24H26N2O7. The number of fused-ring (bicyclic) bond motifs is 3. The molecule has 9 heteroatoms. The maximum absolute atomic E-state index is 13.7. The molecular weight excluding hydrogens is 428 g/mol. The number of hydrogen-bond acceptors (Lipinski definition) is 8. The Morgan fingerprint density at radius 3 is 2.45 bits per heavy atom. The summed E-state index contributed by atoms with van der Waals surface area (Å²) < 4.78 is 0. The van der Waals surface area contributed by atoms with Gasteiger partial charge in [0.2, 0.25) is 5.78 Å². The van der Waals surface area contributed by atoms with Gasteiger partial charge in [0.15, 0.2) is 11.4 Å². The number of aromatic hydroxyl groups is 1. The molecule has 174 valence electrons. The number of rotatable bonds is 3. The topological polar surface area (TPSA) is 161 Å². The molecule has 0 radical (unpaired) electrons. The van der Waals surface area contributed by atoms with E-state index in [0.29, 0.717) is 5.56 Å². The van der Waals surface area contributed by atoms with E-state index in [1.807, 2.05) is 19.1 Å². The van der Waals surface area contributed by atoms with Crippen molar-refractivity contribution in [2.24, 2.45) is 17.6 Å². The first kappa shape index (κ1) is 22.8. The van der Waals surface area contributed by atoms with E-state index in [-0.39, 0.29) is 29.7 Å². The number of Topliss-reactive ketones (excluding diaryl/α,β-unsaturated/α-hetero) is 2. The molecule has 1 saturated carbocycles. The normalized spacial score (nSPS) is 29.4. The second-order valence-electron chi connectivity index (χ2n) is 8.99. The predicted molar refractivity (Wildman–Crippen MR) is 119 cm³/mol. The minimum atomic E-state index is -2.62. The highest BCUT2D eigenvalue weighted by Crippen LogP contribution is 2.52.